The fraction of sp³-hybridized carbons (Fsp3) is 0.611. The number of likely N-dealkylation sites (tertiary alicyclic amines) is 1. The summed E-state index contributed by atoms with van der Waals surface area (Å²) in [5.74, 6) is 0.335. The summed E-state index contributed by atoms with van der Waals surface area (Å²) in [7, 11) is 1.68. The van der Waals surface area contributed by atoms with Crippen LogP contribution in [0.2, 0.25) is 0 Å². The van der Waals surface area contributed by atoms with Crippen LogP contribution < -0.4 is 15.6 Å². The first-order valence-corrected chi connectivity index (χ1v) is 9.97. The summed E-state index contributed by atoms with van der Waals surface area (Å²) in [6.45, 7) is 0.416. The molecule has 0 unspecified atom stereocenters. The van der Waals surface area contributed by atoms with Gasteiger partial charge in [-0.3, -0.25) is 14.5 Å². The van der Waals surface area contributed by atoms with Crippen LogP contribution in [0.15, 0.2) is 21.5 Å². The predicted octanol–water partition coefficient (Wildman–Crippen LogP) is 2.10. The SMILES string of the molecule is Cn1cc(Br)c(O[C@H]2CC[C@H](NC(=O)[C@H]3CCCN3C(=O)O)CC2)cc1=O. The summed E-state index contributed by atoms with van der Waals surface area (Å²) in [5, 5.41) is 12.2. The lowest BCUT2D eigenvalue weighted by atomic mass is 9.92. The van der Waals surface area contributed by atoms with Gasteiger partial charge in [0.1, 0.15) is 11.8 Å². The Bertz CT molecular complexity index is 773. The number of hydrogen-bond acceptors (Lipinski definition) is 4. The molecule has 2 aliphatic rings. The summed E-state index contributed by atoms with van der Waals surface area (Å²) in [6.07, 6.45) is 4.98. The maximum absolute atomic E-state index is 12.4. The van der Waals surface area contributed by atoms with Gasteiger partial charge in [-0.15, -0.1) is 0 Å². The van der Waals surface area contributed by atoms with Crippen molar-refractivity contribution in [1.82, 2.24) is 14.8 Å². The largest absolute Gasteiger partial charge is 0.489 e. The minimum atomic E-state index is -1.04. The molecule has 27 heavy (non-hydrogen) atoms. The molecule has 2 N–H and O–H groups in total. The number of halogens is 1. The summed E-state index contributed by atoms with van der Waals surface area (Å²) < 4.78 is 8.18. The van der Waals surface area contributed by atoms with Crippen LogP contribution >= 0.6 is 15.9 Å². The zero-order valence-electron chi connectivity index (χ0n) is 15.2. The van der Waals surface area contributed by atoms with Crippen molar-refractivity contribution in [3.8, 4) is 5.75 Å². The molecule has 9 heteroatoms. The van der Waals surface area contributed by atoms with E-state index in [0.29, 0.717) is 18.7 Å². The molecule has 1 saturated carbocycles. The van der Waals surface area contributed by atoms with Crippen molar-refractivity contribution < 1.29 is 19.4 Å². The van der Waals surface area contributed by atoms with E-state index in [1.807, 2.05) is 0 Å². The van der Waals surface area contributed by atoms with Gasteiger partial charge in [-0.25, -0.2) is 4.79 Å². The highest BCUT2D eigenvalue weighted by molar-refractivity contribution is 9.10. The van der Waals surface area contributed by atoms with Gasteiger partial charge in [-0.1, -0.05) is 0 Å². The van der Waals surface area contributed by atoms with Crippen LogP contribution in [-0.2, 0) is 11.8 Å². The van der Waals surface area contributed by atoms with Gasteiger partial charge in [-0.2, -0.15) is 0 Å². The van der Waals surface area contributed by atoms with E-state index in [1.165, 1.54) is 15.5 Å². The molecule has 0 radical (unpaired) electrons. The smallest absolute Gasteiger partial charge is 0.407 e. The lowest BCUT2D eigenvalue weighted by Crippen LogP contribution is -2.49. The van der Waals surface area contributed by atoms with Crippen molar-refractivity contribution in [3.63, 3.8) is 0 Å². The van der Waals surface area contributed by atoms with E-state index in [1.54, 1.807) is 13.2 Å². The van der Waals surface area contributed by atoms with Crippen molar-refractivity contribution in [1.29, 1.82) is 0 Å². The van der Waals surface area contributed by atoms with Crippen molar-refractivity contribution in [2.24, 2.45) is 7.05 Å². The predicted molar refractivity (Wildman–Crippen MR) is 102 cm³/mol. The Morgan fingerprint density at radius 1 is 1.26 bits per heavy atom. The molecule has 3 rings (SSSR count). The fourth-order valence-electron chi connectivity index (χ4n) is 3.74. The standard InChI is InChI=1S/C18H24BrN3O5/c1-21-10-13(19)15(9-16(21)23)27-12-6-4-11(5-7-12)20-17(24)14-3-2-8-22(14)18(25)26/h9-12,14H,2-8H2,1H3,(H,20,24)(H,25,26)/t11-,12-,14-/m1/s1. The Morgan fingerprint density at radius 2 is 1.96 bits per heavy atom. The van der Waals surface area contributed by atoms with Gasteiger partial charge in [0.15, 0.2) is 0 Å². The van der Waals surface area contributed by atoms with Crippen LogP contribution in [0.1, 0.15) is 38.5 Å². The van der Waals surface area contributed by atoms with Gasteiger partial charge < -0.3 is 19.7 Å². The Balaban J connectivity index is 1.50. The number of nitrogens with one attached hydrogen (secondary N) is 1. The number of aromatic nitrogens is 1. The number of hydrogen-bond donors (Lipinski definition) is 2. The lowest BCUT2D eigenvalue weighted by Gasteiger charge is -2.31. The highest BCUT2D eigenvalue weighted by Crippen LogP contribution is 2.28. The quantitative estimate of drug-likeness (QED) is 0.744. The van der Waals surface area contributed by atoms with Crippen LogP contribution in [0.4, 0.5) is 4.79 Å². The molecule has 8 nitrogen and oxygen atoms in total. The van der Waals surface area contributed by atoms with E-state index in [4.69, 9.17) is 4.74 Å². The summed E-state index contributed by atoms with van der Waals surface area (Å²) in [4.78, 5) is 36.6. The van der Waals surface area contributed by atoms with Crippen LogP contribution in [-0.4, -0.2) is 51.3 Å². The van der Waals surface area contributed by atoms with Crippen LogP contribution in [0.25, 0.3) is 0 Å². The Morgan fingerprint density at radius 3 is 2.63 bits per heavy atom. The summed E-state index contributed by atoms with van der Waals surface area (Å²) in [6, 6.07) is 0.923. The van der Waals surface area contributed by atoms with E-state index in [9.17, 15) is 19.5 Å². The van der Waals surface area contributed by atoms with Crippen molar-refractivity contribution in [3.05, 3.63) is 27.1 Å². The number of carbonyl (C=O) groups excluding carboxylic acids is 1. The Labute approximate surface area is 165 Å². The number of ether oxygens (including phenoxy) is 1. The maximum Gasteiger partial charge on any atom is 0.407 e. The van der Waals surface area contributed by atoms with Gasteiger partial charge >= 0.3 is 6.09 Å². The van der Waals surface area contributed by atoms with Crippen LogP contribution in [0, 0.1) is 0 Å². The zero-order chi connectivity index (χ0) is 19.6. The molecule has 0 bridgehead atoms. The Kier molecular flexibility index (Phi) is 6.08. The first-order valence-electron chi connectivity index (χ1n) is 9.18. The second kappa shape index (κ2) is 8.33. The highest BCUT2D eigenvalue weighted by atomic mass is 79.9. The summed E-state index contributed by atoms with van der Waals surface area (Å²) in [5.41, 5.74) is -0.131. The molecule has 1 aliphatic carbocycles. The molecule has 0 aromatic carbocycles. The molecule has 148 valence electrons. The summed E-state index contributed by atoms with van der Waals surface area (Å²) >= 11 is 3.41. The first-order chi connectivity index (χ1) is 12.8. The average Bonchev–Trinajstić information content (AvgIpc) is 3.11. The topological polar surface area (TPSA) is 101 Å². The molecule has 1 aromatic heterocycles. The molecule has 1 atom stereocenters. The number of pyridine rings is 1. The number of aryl methyl sites for hydroxylation is 1. The third-order valence-electron chi connectivity index (χ3n) is 5.26. The van der Waals surface area contributed by atoms with E-state index >= 15 is 0 Å². The second-order valence-electron chi connectivity index (χ2n) is 7.17. The first kappa shape index (κ1) is 19.7. The third-order valence-corrected chi connectivity index (χ3v) is 5.86. The van der Waals surface area contributed by atoms with Crippen molar-refractivity contribution in [2.75, 3.05) is 6.54 Å². The van der Waals surface area contributed by atoms with E-state index in [2.05, 4.69) is 21.2 Å². The number of carboxylic acid groups (broad SMARTS) is 1. The highest BCUT2D eigenvalue weighted by Gasteiger charge is 2.35. The molecular formula is C18H24BrN3O5. The molecule has 2 heterocycles. The zero-order valence-corrected chi connectivity index (χ0v) is 16.8. The minimum absolute atomic E-state index is 0.0106. The van der Waals surface area contributed by atoms with Crippen molar-refractivity contribution >= 4 is 27.9 Å². The third kappa shape index (κ3) is 4.63. The maximum atomic E-state index is 12.4. The van der Waals surface area contributed by atoms with Crippen LogP contribution in [0.5, 0.6) is 5.75 Å². The van der Waals surface area contributed by atoms with Gasteiger partial charge in [-0.05, 0) is 54.5 Å². The minimum Gasteiger partial charge on any atom is -0.489 e. The second-order valence-corrected chi connectivity index (χ2v) is 8.02. The number of carbonyl (C=O) groups is 2. The number of rotatable bonds is 4. The molecule has 2 amide bonds. The van der Waals surface area contributed by atoms with E-state index in [0.717, 1.165) is 36.6 Å². The van der Waals surface area contributed by atoms with Gasteiger partial charge in [0.05, 0.1) is 10.6 Å². The average molecular weight is 442 g/mol. The molecule has 1 saturated heterocycles. The number of nitrogens with zero attached hydrogens (tertiary/aromatic N) is 2. The van der Waals surface area contributed by atoms with E-state index < -0.39 is 12.1 Å². The molecule has 0 spiro atoms. The van der Waals surface area contributed by atoms with E-state index in [-0.39, 0.29) is 23.6 Å². The van der Waals surface area contributed by atoms with Gasteiger partial charge in [0.2, 0.25) is 5.91 Å². The molecule has 1 aromatic rings. The molecule has 1 aliphatic heterocycles. The van der Waals surface area contributed by atoms with Gasteiger partial charge in [0, 0.05) is 31.9 Å². The molecule has 2 fully saturated rings. The monoisotopic (exact) mass is 441 g/mol. The fourth-order valence-corrected chi connectivity index (χ4v) is 4.26. The Hall–Kier alpha value is -2.03. The normalized spacial score (nSPS) is 25.3. The van der Waals surface area contributed by atoms with Gasteiger partial charge in [0.25, 0.3) is 5.56 Å². The lowest BCUT2D eigenvalue weighted by molar-refractivity contribution is -0.126. The number of amides is 2. The van der Waals surface area contributed by atoms with Crippen LogP contribution in [0.3, 0.4) is 0 Å². The van der Waals surface area contributed by atoms with Crippen molar-refractivity contribution in [2.45, 2.75) is 56.7 Å². The molecular weight excluding hydrogens is 418 g/mol.